The van der Waals surface area contributed by atoms with Crippen molar-refractivity contribution in [1.29, 1.82) is 0 Å². The van der Waals surface area contributed by atoms with Crippen LogP contribution in [0.15, 0.2) is 39.7 Å². The normalized spacial score (nSPS) is 16.0. The van der Waals surface area contributed by atoms with Crippen LogP contribution in [0.2, 0.25) is 0 Å². The summed E-state index contributed by atoms with van der Waals surface area (Å²) >= 11 is 0. The maximum Gasteiger partial charge on any atom is 0.420 e. The van der Waals surface area contributed by atoms with Gasteiger partial charge in [0, 0.05) is 26.4 Å². The first kappa shape index (κ1) is 19.3. The van der Waals surface area contributed by atoms with Crippen molar-refractivity contribution in [2.45, 2.75) is 38.4 Å². The number of carbonyl (C=O) groups excluding carboxylic acids is 1. The molecule has 0 fully saturated rings. The number of amides is 2. The molecular weight excluding hydrogens is 374 g/mol. The van der Waals surface area contributed by atoms with Gasteiger partial charge in [-0.15, -0.1) is 0 Å². The molecule has 0 spiro atoms. The van der Waals surface area contributed by atoms with Gasteiger partial charge in [-0.2, -0.15) is 5.10 Å². The lowest BCUT2D eigenvalue weighted by molar-refractivity contribution is 0.183. The Bertz CT molecular complexity index is 1050. The molecule has 2 amide bonds. The number of carbonyl (C=O) groups is 1. The second-order valence-electron chi connectivity index (χ2n) is 7.13. The maximum atomic E-state index is 12.4. The number of oxazole rings is 1. The highest BCUT2D eigenvalue weighted by molar-refractivity contribution is 5.74. The van der Waals surface area contributed by atoms with Crippen LogP contribution in [0.5, 0.6) is 0 Å². The van der Waals surface area contributed by atoms with Crippen LogP contribution in [0.4, 0.5) is 4.79 Å². The fourth-order valence-corrected chi connectivity index (χ4v) is 3.75. The Hall–Kier alpha value is -3.07. The van der Waals surface area contributed by atoms with Crippen molar-refractivity contribution < 1.29 is 13.9 Å². The predicted molar refractivity (Wildman–Crippen MR) is 107 cm³/mol. The number of urea groups is 1. The van der Waals surface area contributed by atoms with Gasteiger partial charge in [0.15, 0.2) is 5.58 Å². The van der Waals surface area contributed by atoms with E-state index in [2.05, 4.69) is 15.7 Å². The highest BCUT2D eigenvalue weighted by atomic mass is 16.5. The number of ether oxygens (including phenoxy) is 1. The number of fused-ring (bicyclic) bond motifs is 2. The van der Waals surface area contributed by atoms with Crippen LogP contribution in [-0.2, 0) is 24.2 Å². The van der Waals surface area contributed by atoms with Crippen LogP contribution in [0.25, 0.3) is 11.1 Å². The summed E-state index contributed by atoms with van der Waals surface area (Å²) < 4.78 is 13.7. The third-order valence-electron chi connectivity index (χ3n) is 5.16. The topological polar surface area (TPSA) is 103 Å². The zero-order valence-electron chi connectivity index (χ0n) is 16.4. The minimum atomic E-state index is -0.424. The summed E-state index contributed by atoms with van der Waals surface area (Å²) in [7, 11) is 1.67. The van der Waals surface area contributed by atoms with E-state index in [4.69, 9.17) is 9.15 Å². The Labute approximate surface area is 167 Å². The molecule has 9 nitrogen and oxygen atoms in total. The van der Waals surface area contributed by atoms with Crippen LogP contribution in [0.1, 0.15) is 30.1 Å². The summed E-state index contributed by atoms with van der Waals surface area (Å²) in [5.74, 6) is -0.424. The highest BCUT2D eigenvalue weighted by Crippen LogP contribution is 2.28. The molecule has 9 heteroatoms. The van der Waals surface area contributed by atoms with Crippen LogP contribution in [-0.4, -0.2) is 40.6 Å². The van der Waals surface area contributed by atoms with Gasteiger partial charge >= 0.3 is 11.8 Å². The number of benzene rings is 1. The average Bonchev–Trinajstić information content (AvgIpc) is 3.27. The van der Waals surface area contributed by atoms with E-state index in [9.17, 15) is 9.59 Å². The van der Waals surface area contributed by atoms with E-state index >= 15 is 0 Å². The minimum absolute atomic E-state index is 0.111. The standard InChI is InChI=1S/C20H25N5O4/c1-28-12-11-24-13-14-5-4-6-15(18(14)23-24)22-19(26)21-9-10-25-16-7-2-3-8-17(16)29-20(25)27/h2-3,7-8,13,15H,4-6,9-12H2,1H3,(H2,21,22,26). The zero-order valence-corrected chi connectivity index (χ0v) is 16.4. The van der Waals surface area contributed by atoms with Gasteiger partial charge < -0.3 is 19.8 Å². The monoisotopic (exact) mass is 399 g/mol. The SMILES string of the molecule is COCCn1cc2c(n1)C(NC(=O)NCCn1c(=O)oc3ccccc31)CCC2. The fraction of sp³-hybridized carbons (Fsp3) is 0.450. The Balaban J connectivity index is 1.34. The molecule has 1 unspecified atom stereocenters. The number of rotatable bonds is 7. The smallest absolute Gasteiger partial charge is 0.408 e. The van der Waals surface area contributed by atoms with Crippen LogP contribution < -0.4 is 16.4 Å². The number of aryl methyl sites for hydroxylation is 1. The van der Waals surface area contributed by atoms with Gasteiger partial charge in [-0.05, 0) is 37.0 Å². The second-order valence-corrected chi connectivity index (χ2v) is 7.13. The lowest BCUT2D eigenvalue weighted by Gasteiger charge is -2.22. The number of hydrogen-bond acceptors (Lipinski definition) is 5. The summed E-state index contributed by atoms with van der Waals surface area (Å²) in [4.78, 5) is 24.4. The number of aromatic nitrogens is 3. The molecule has 1 aliphatic rings. The van der Waals surface area contributed by atoms with E-state index in [0.29, 0.717) is 31.8 Å². The zero-order chi connectivity index (χ0) is 20.2. The van der Waals surface area contributed by atoms with Crippen LogP contribution in [0, 0.1) is 0 Å². The predicted octanol–water partition coefficient (Wildman–Crippen LogP) is 1.81. The molecule has 0 bridgehead atoms. The molecule has 2 aromatic heterocycles. The molecule has 0 saturated carbocycles. The largest absolute Gasteiger partial charge is 0.420 e. The van der Waals surface area contributed by atoms with Gasteiger partial charge in [0.05, 0.1) is 30.4 Å². The Kier molecular flexibility index (Phi) is 5.66. The number of methoxy groups -OCH3 is 1. The van der Waals surface area contributed by atoms with Crippen LogP contribution >= 0.6 is 0 Å². The highest BCUT2D eigenvalue weighted by Gasteiger charge is 2.25. The van der Waals surface area contributed by atoms with Crippen molar-refractivity contribution in [2.24, 2.45) is 0 Å². The first-order valence-corrected chi connectivity index (χ1v) is 9.83. The third-order valence-corrected chi connectivity index (χ3v) is 5.16. The molecule has 29 heavy (non-hydrogen) atoms. The minimum Gasteiger partial charge on any atom is -0.408 e. The molecule has 0 saturated heterocycles. The number of nitrogens with one attached hydrogen (secondary N) is 2. The van der Waals surface area contributed by atoms with E-state index in [0.717, 1.165) is 30.5 Å². The lowest BCUT2D eigenvalue weighted by atomic mass is 9.94. The van der Waals surface area contributed by atoms with Crippen molar-refractivity contribution in [3.63, 3.8) is 0 Å². The lowest BCUT2D eigenvalue weighted by Crippen LogP contribution is -2.40. The third kappa shape index (κ3) is 4.19. The molecule has 1 aliphatic carbocycles. The van der Waals surface area contributed by atoms with E-state index < -0.39 is 5.76 Å². The summed E-state index contributed by atoms with van der Waals surface area (Å²) in [6.45, 7) is 1.94. The van der Waals surface area contributed by atoms with Gasteiger partial charge in [0.1, 0.15) is 0 Å². The molecule has 1 atom stereocenters. The van der Waals surface area contributed by atoms with Crippen molar-refractivity contribution in [1.82, 2.24) is 25.0 Å². The van der Waals surface area contributed by atoms with Gasteiger partial charge in [0.25, 0.3) is 0 Å². The van der Waals surface area contributed by atoms with E-state index in [-0.39, 0.29) is 12.1 Å². The van der Waals surface area contributed by atoms with Crippen molar-refractivity contribution >= 4 is 17.1 Å². The van der Waals surface area contributed by atoms with E-state index in [1.807, 2.05) is 29.1 Å². The summed E-state index contributed by atoms with van der Waals surface area (Å²) in [6, 6.07) is 6.86. The molecular formula is C20H25N5O4. The first-order chi connectivity index (χ1) is 14.2. The van der Waals surface area contributed by atoms with Gasteiger partial charge in [0.2, 0.25) is 0 Å². The van der Waals surface area contributed by atoms with E-state index in [1.165, 1.54) is 10.1 Å². The van der Waals surface area contributed by atoms with Crippen LogP contribution in [0.3, 0.4) is 0 Å². The van der Waals surface area contributed by atoms with Crippen molar-refractivity contribution in [2.75, 3.05) is 20.3 Å². The fourth-order valence-electron chi connectivity index (χ4n) is 3.75. The Morgan fingerprint density at radius 2 is 2.21 bits per heavy atom. The number of hydrogen-bond donors (Lipinski definition) is 2. The molecule has 4 rings (SSSR count). The molecule has 3 aromatic rings. The average molecular weight is 399 g/mol. The molecule has 154 valence electrons. The van der Waals surface area contributed by atoms with E-state index in [1.54, 1.807) is 13.2 Å². The van der Waals surface area contributed by atoms with Gasteiger partial charge in [-0.25, -0.2) is 9.59 Å². The molecule has 2 N–H and O–H groups in total. The molecule has 2 heterocycles. The molecule has 1 aromatic carbocycles. The number of nitrogens with zero attached hydrogens (tertiary/aromatic N) is 3. The number of para-hydroxylation sites is 2. The van der Waals surface area contributed by atoms with Crippen molar-refractivity contribution in [3.8, 4) is 0 Å². The van der Waals surface area contributed by atoms with Gasteiger partial charge in [-0.3, -0.25) is 9.25 Å². The summed E-state index contributed by atoms with van der Waals surface area (Å²) in [6.07, 6.45) is 4.87. The Morgan fingerprint density at radius 3 is 3.07 bits per heavy atom. The Morgan fingerprint density at radius 1 is 1.34 bits per heavy atom. The first-order valence-electron chi connectivity index (χ1n) is 9.83. The second kappa shape index (κ2) is 8.52. The maximum absolute atomic E-state index is 12.4. The summed E-state index contributed by atoms with van der Waals surface area (Å²) in [5.41, 5.74) is 3.37. The quantitative estimate of drug-likeness (QED) is 0.631. The molecule has 0 aliphatic heterocycles. The van der Waals surface area contributed by atoms with Crippen molar-refractivity contribution in [3.05, 3.63) is 52.3 Å². The summed E-state index contributed by atoms with van der Waals surface area (Å²) in [5, 5.41) is 10.5. The van der Waals surface area contributed by atoms with Gasteiger partial charge in [-0.1, -0.05) is 12.1 Å². The molecule has 0 radical (unpaired) electrons.